The summed E-state index contributed by atoms with van der Waals surface area (Å²) in [7, 11) is 0. The Hall–Kier alpha value is -3.06. The molecule has 0 aromatic heterocycles. The predicted octanol–water partition coefficient (Wildman–Crippen LogP) is 2.36. The number of nitrogens with zero attached hydrogens (tertiary/aromatic N) is 3. The largest absolute Gasteiger partial charge is 0.374 e. The number of benzene rings is 2. The van der Waals surface area contributed by atoms with Crippen molar-refractivity contribution in [3.8, 4) is 0 Å². The molecule has 158 valence electrons. The van der Waals surface area contributed by atoms with Gasteiger partial charge in [-0.2, -0.15) is 0 Å². The van der Waals surface area contributed by atoms with Gasteiger partial charge in [-0.1, -0.05) is 30.3 Å². The highest BCUT2D eigenvalue weighted by molar-refractivity contribution is 5.99. The summed E-state index contributed by atoms with van der Waals surface area (Å²) in [6, 6.07) is 18.0. The molecule has 1 atom stereocenters. The van der Waals surface area contributed by atoms with Crippen LogP contribution in [0.15, 0.2) is 54.6 Å². The van der Waals surface area contributed by atoms with Gasteiger partial charge in [0.25, 0.3) is 5.91 Å². The number of imide groups is 1. The maximum Gasteiger partial charge on any atom is 0.324 e. The second-order valence-corrected chi connectivity index (χ2v) is 7.88. The summed E-state index contributed by atoms with van der Waals surface area (Å²) in [5.41, 5.74) is 3.43. The van der Waals surface area contributed by atoms with E-state index in [2.05, 4.69) is 62.9 Å². The molecule has 30 heavy (non-hydrogen) atoms. The fourth-order valence-electron chi connectivity index (χ4n) is 4.00. The van der Waals surface area contributed by atoms with Crippen molar-refractivity contribution in [1.29, 1.82) is 0 Å². The summed E-state index contributed by atoms with van der Waals surface area (Å²) in [5, 5.41) is 5.86. The van der Waals surface area contributed by atoms with Gasteiger partial charge in [-0.3, -0.25) is 14.6 Å². The van der Waals surface area contributed by atoms with Gasteiger partial charge in [-0.25, -0.2) is 4.79 Å². The highest BCUT2D eigenvalue weighted by Gasteiger charge is 2.29. The lowest BCUT2D eigenvalue weighted by Gasteiger charge is -2.36. The molecule has 0 saturated carbocycles. The van der Waals surface area contributed by atoms with E-state index in [0.29, 0.717) is 13.1 Å². The number of hydrogen-bond acceptors (Lipinski definition) is 5. The third kappa shape index (κ3) is 4.74. The summed E-state index contributed by atoms with van der Waals surface area (Å²) >= 11 is 0. The lowest BCUT2D eigenvalue weighted by molar-refractivity contribution is -0.128. The molecule has 2 aliphatic rings. The molecule has 0 radical (unpaired) electrons. The zero-order valence-corrected chi connectivity index (χ0v) is 17.4. The van der Waals surface area contributed by atoms with Crippen molar-refractivity contribution in [2.45, 2.75) is 19.5 Å². The SMILES string of the molecule is C[C@H](Nc1ccc(N2CCN(Cc3ccccc3)CC2)cc1)C(=O)N1CCNC1=O. The summed E-state index contributed by atoms with van der Waals surface area (Å²) in [4.78, 5) is 30.3. The average Bonchev–Trinajstić information content (AvgIpc) is 3.21. The first kappa shape index (κ1) is 20.2. The molecule has 7 heteroatoms. The molecule has 2 aromatic rings. The highest BCUT2D eigenvalue weighted by Crippen LogP contribution is 2.21. The van der Waals surface area contributed by atoms with E-state index in [1.165, 1.54) is 16.2 Å². The van der Waals surface area contributed by atoms with Crippen LogP contribution < -0.4 is 15.5 Å². The fraction of sp³-hybridized carbons (Fsp3) is 0.391. The van der Waals surface area contributed by atoms with Crippen LogP contribution in [0.3, 0.4) is 0 Å². The maximum atomic E-state index is 12.4. The lowest BCUT2D eigenvalue weighted by atomic mass is 10.2. The summed E-state index contributed by atoms with van der Waals surface area (Å²) in [6.45, 7) is 7.81. The van der Waals surface area contributed by atoms with Gasteiger partial charge in [0.2, 0.25) is 0 Å². The number of rotatable bonds is 6. The minimum atomic E-state index is -0.457. The number of anilines is 2. The standard InChI is InChI=1S/C23H29N5O2/c1-18(22(29)28-12-11-24-23(28)30)25-20-7-9-21(10-8-20)27-15-13-26(14-16-27)17-19-5-3-2-4-6-19/h2-10,18,25H,11-17H2,1H3,(H,24,30)/t18-/m0/s1. The van der Waals surface area contributed by atoms with E-state index in [9.17, 15) is 9.59 Å². The molecule has 2 aromatic carbocycles. The Morgan fingerprint density at radius 2 is 1.70 bits per heavy atom. The summed E-state index contributed by atoms with van der Waals surface area (Å²) < 4.78 is 0. The van der Waals surface area contributed by atoms with Crippen LogP contribution in [0.4, 0.5) is 16.2 Å². The van der Waals surface area contributed by atoms with Crippen LogP contribution in [0.5, 0.6) is 0 Å². The van der Waals surface area contributed by atoms with E-state index in [-0.39, 0.29) is 11.9 Å². The molecule has 0 bridgehead atoms. The molecule has 0 aliphatic carbocycles. The van der Waals surface area contributed by atoms with Crippen molar-refractivity contribution in [3.63, 3.8) is 0 Å². The van der Waals surface area contributed by atoms with Crippen LogP contribution in [0.25, 0.3) is 0 Å². The number of hydrogen-bond donors (Lipinski definition) is 2. The lowest BCUT2D eigenvalue weighted by Crippen LogP contribution is -2.46. The van der Waals surface area contributed by atoms with Crippen LogP contribution in [-0.2, 0) is 11.3 Å². The Morgan fingerprint density at radius 1 is 1.00 bits per heavy atom. The van der Waals surface area contributed by atoms with E-state index in [1.807, 2.05) is 12.1 Å². The van der Waals surface area contributed by atoms with Crippen molar-refractivity contribution in [2.75, 3.05) is 49.5 Å². The van der Waals surface area contributed by atoms with Gasteiger partial charge >= 0.3 is 6.03 Å². The zero-order chi connectivity index (χ0) is 20.9. The number of piperazine rings is 1. The van der Waals surface area contributed by atoms with E-state index in [1.54, 1.807) is 6.92 Å². The van der Waals surface area contributed by atoms with Crippen molar-refractivity contribution >= 4 is 23.3 Å². The zero-order valence-electron chi connectivity index (χ0n) is 17.4. The fourth-order valence-corrected chi connectivity index (χ4v) is 4.00. The van der Waals surface area contributed by atoms with Crippen LogP contribution in [0.2, 0.25) is 0 Å². The van der Waals surface area contributed by atoms with Gasteiger partial charge in [0, 0.05) is 57.2 Å². The third-order valence-electron chi connectivity index (χ3n) is 5.73. The number of urea groups is 1. The normalized spacial score (nSPS) is 18.2. The molecule has 2 aliphatic heterocycles. The van der Waals surface area contributed by atoms with Crippen LogP contribution in [0, 0.1) is 0 Å². The van der Waals surface area contributed by atoms with Crippen molar-refractivity contribution in [2.24, 2.45) is 0 Å². The van der Waals surface area contributed by atoms with Crippen molar-refractivity contribution in [3.05, 3.63) is 60.2 Å². The molecule has 7 nitrogen and oxygen atoms in total. The van der Waals surface area contributed by atoms with E-state index < -0.39 is 6.04 Å². The highest BCUT2D eigenvalue weighted by atomic mass is 16.2. The Balaban J connectivity index is 1.27. The van der Waals surface area contributed by atoms with E-state index >= 15 is 0 Å². The molecule has 3 amide bonds. The van der Waals surface area contributed by atoms with Crippen molar-refractivity contribution < 1.29 is 9.59 Å². The molecule has 2 saturated heterocycles. The number of carbonyl (C=O) groups excluding carboxylic acids is 2. The predicted molar refractivity (Wildman–Crippen MR) is 119 cm³/mol. The molecule has 0 spiro atoms. The second kappa shape index (κ2) is 9.17. The van der Waals surface area contributed by atoms with Gasteiger partial charge in [0.05, 0.1) is 0 Å². The topological polar surface area (TPSA) is 67.9 Å². The number of nitrogens with one attached hydrogen (secondary N) is 2. The molecule has 2 heterocycles. The van der Waals surface area contributed by atoms with Gasteiger partial charge in [0.1, 0.15) is 6.04 Å². The van der Waals surface area contributed by atoms with Gasteiger partial charge in [-0.05, 0) is 36.8 Å². The van der Waals surface area contributed by atoms with Crippen molar-refractivity contribution in [1.82, 2.24) is 15.1 Å². The monoisotopic (exact) mass is 407 g/mol. The smallest absolute Gasteiger partial charge is 0.324 e. The number of carbonyl (C=O) groups is 2. The molecular weight excluding hydrogens is 378 g/mol. The first-order chi connectivity index (χ1) is 14.6. The quantitative estimate of drug-likeness (QED) is 0.770. The van der Waals surface area contributed by atoms with Gasteiger partial charge in [0.15, 0.2) is 0 Å². The first-order valence-electron chi connectivity index (χ1n) is 10.6. The Kier molecular flexibility index (Phi) is 6.18. The molecule has 0 unspecified atom stereocenters. The third-order valence-corrected chi connectivity index (χ3v) is 5.73. The van der Waals surface area contributed by atoms with E-state index in [0.717, 1.165) is 38.4 Å². The first-order valence-corrected chi connectivity index (χ1v) is 10.6. The van der Waals surface area contributed by atoms with Crippen LogP contribution in [0.1, 0.15) is 12.5 Å². The van der Waals surface area contributed by atoms with E-state index in [4.69, 9.17) is 0 Å². The minimum absolute atomic E-state index is 0.205. The molecule has 4 rings (SSSR count). The Bertz CT molecular complexity index is 863. The summed E-state index contributed by atoms with van der Waals surface area (Å²) in [6.07, 6.45) is 0. The van der Waals surface area contributed by atoms with Gasteiger partial charge in [-0.15, -0.1) is 0 Å². The molecule has 2 N–H and O–H groups in total. The Morgan fingerprint density at radius 3 is 2.33 bits per heavy atom. The minimum Gasteiger partial charge on any atom is -0.374 e. The average molecular weight is 408 g/mol. The molecular formula is C23H29N5O2. The molecule has 2 fully saturated rings. The van der Waals surface area contributed by atoms with Crippen LogP contribution >= 0.6 is 0 Å². The summed E-state index contributed by atoms with van der Waals surface area (Å²) in [5.74, 6) is -0.205. The maximum absolute atomic E-state index is 12.4. The Labute approximate surface area is 177 Å². The van der Waals surface area contributed by atoms with Gasteiger partial charge < -0.3 is 15.5 Å². The van der Waals surface area contributed by atoms with Crippen LogP contribution in [-0.4, -0.2) is 67.0 Å². The second-order valence-electron chi connectivity index (χ2n) is 7.88. The number of amides is 3.